The monoisotopic (exact) mass is 402 g/mol. The van der Waals surface area contributed by atoms with Gasteiger partial charge in [-0.05, 0) is 51.2 Å². The molecule has 1 saturated heterocycles. The third-order valence-electron chi connectivity index (χ3n) is 4.20. The highest BCUT2D eigenvalue weighted by atomic mass is 35.5. The zero-order valence-corrected chi connectivity index (χ0v) is 17.1. The molecule has 2 rings (SSSR count). The Balaban J connectivity index is 1.82. The fourth-order valence-electron chi connectivity index (χ4n) is 2.84. The molecule has 0 aromatic heterocycles. The molecule has 6 nitrogen and oxygen atoms in total. The van der Waals surface area contributed by atoms with Crippen molar-refractivity contribution in [3.05, 3.63) is 34.9 Å². The van der Waals surface area contributed by atoms with Gasteiger partial charge < -0.3 is 10.1 Å². The van der Waals surface area contributed by atoms with Crippen LogP contribution in [0, 0.1) is 5.92 Å². The molecule has 0 aliphatic carbocycles. The number of ether oxygens (including phenoxy) is 1. The molecule has 8 heteroatoms. The van der Waals surface area contributed by atoms with Crippen LogP contribution in [-0.4, -0.2) is 44.1 Å². The average Bonchev–Trinajstić information content (AvgIpc) is 2.54. The molecule has 0 spiro atoms. The van der Waals surface area contributed by atoms with Crippen LogP contribution in [0.4, 0.5) is 4.79 Å². The van der Waals surface area contributed by atoms with Crippen molar-refractivity contribution in [3.8, 4) is 0 Å². The van der Waals surface area contributed by atoms with Crippen LogP contribution >= 0.6 is 11.6 Å². The van der Waals surface area contributed by atoms with Crippen LogP contribution < -0.4 is 5.32 Å². The van der Waals surface area contributed by atoms with Crippen LogP contribution in [0.25, 0.3) is 0 Å². The number of carbonyl (C=O) groups is 1. The molecular formula is C18H27ClN2O4S. The van der Waals surface area contributed by atoms with E-state index in [1.807, 2.05) is 20.8 Å². The molecule has 146 valence electrons. The van der Waals surface area contributed by atoms with Crippen molar-refractivity contribution in [1.29, 1.82) is 0 Å². The molecule has 26 heavy (non-hydrogen) atoms. The van der Waals surface area contributed by atoms with Crippen LogP contribution in [-0.2, 0) is 20.5 Å². The van der Waals surface area contributed by atoms with Gasteiger partial charge in [0.2, 0.25) is 10.0 Å². The highest BCUT2D eigenvalue weighted by molar-refractivity contribution is 7.88. The summed E-state index contributed by atoms with van der Waals surface area (Å²) < 4.78 is 32.0. The summed E-state index contributed by atoms with van der Waals surface area (Å²) in [7, 11) is -3.40. The fourth-order valence-corrected chi connectivity index (χ4v) is 4.71. The molecular weight excluding hydrogens is 376 g/mol. The van der Waals surface area contributed by atoms with Gasteiger partial charge in [0, 0.05) is 24.7 Å². The normalized spacial score (nSPS) is 17.1. The SMILES string of the molecule is CC(C)(C)OC(=O)NCC1CCN(S(=O)(=O)Cc2ccccc2Cl)CC1. The summed E-state index contributed by atoms with van der Waals surface area (Å²) in [6.45, 7) is 6.84. The van der Waals surface area contributed by atoms with E-state index in [1.54, 1.807) is 24.3 Å². The number of halogens is 1. The molecule has 0 bridgehead atoms. The van der Waals surface area contributed by atoms with Crippen LogP contribution in [0.15, 0.2) is 24.3 Å². The van der Waals surface area contributed by atoms with E-state index in [0.717, 1.165) is 0 Å². The molecule has 0 atom stereocenters. The number of alkyl carbamates (subject to hydrolysis) is 1. The Morgan fingerprint density at radius 1 is 1.27 bits per heavy atom. The molecule has 1 amide bonds. The van der Waals surface area contributed by atoms with Gasteiger partial charge in [-0.3, -0.25) is 0 Å². The fraction of sp³-hybridized carbons (Fsp3) is 0.611. The lowest BCUT2D eigenvalue weighted by atomic mass is 9.98. The molecule has 0 unspecified atom stereocenters. The molecule has 1 aromatic carbocycles. The van der Waals surface area contributed by atoms with E-state index in [4.69, 9.17) is 16.3 Å². The third-order valence-corrected chi connectivity index (χ3v) is 6.39. The second-order valence-electron chi connectivity index (χ2n) is 7.57. The molecule has 1 aliphatic heterocycles. The van der Waals surface area contributed by atoms with E-state index in [9.17, 15) is 13.2 Å². The second-order valence-corrected chi connectivity index (χ2v) is 9.95. The number of amides is 1. The van der Waals surface area contributed by atoms with E-state index < -0.39 is 21.7 Å². The first-order valence-electron chi connectivity index (χ1n) is 8.75. The van der Waals surface area contributed by atoms with Gasteiger partial charge in [-0.15, -0.1) is 0 Å². The highest BCUT2D eigenvalue weighted by Crippen LogP contribution is 2.24. The maximum absolute atomic E-state index is 12.6. The van der Waals surface area contributed by atoms with Gasteiger partial charge in [0.1, 0.15) is 5.60 Å². The minimum Gasteiger partial charge on any atom is -0.444 e. The van der Waals surface area contributed by atoms with E-state index in [0.29, 0.717) is 43.1 Å². The molecule has 1 aromatic rings. The van der Waals surface area contributed by atoms with Gasteiger partial charge >= 0.3 is 6.09 Å². The summed E-state index contributed by atoms with van der Waals surface area (Å²) in [4.78, 5) is 11.7. The number of nitrogens with one attached hydrogen (secondary N) is 1. The molecule has 0 radical (unpaired) electrons. The molecule has 0 saturated carbocycles. The summed E-state index contributed by atoms with van der Waals surface area (Å²) in [5.41, 5.74) is 0.0862. The maximum atomic E-state index is 12.6. The smallest absolute Gasteiger partial charge is 0.407 e. The molecule has 1 aliphatic rings. The van der Waals surface area contributed by atoms with Crippen molar-refractivity contribution >= 4 is 27.7 Å². The van der Waals surface area contributed by atoms with Crippen LogP contribution in [0.3, 0.4) is 0 Å². The van der Waals surface area contributed by atoms with E-state index in [2.05, 4.69) is 5.32 Å². The maximum Gasteiger partial charge on any atom is 0.407 e. The Hall–Kier alpha value is -1.31. The predicted molar refractivity (Wildman–Crippen MR) is 103 cm³/mol. The van der Waals surface area contributed by atoms with Gasteiger partial charge in [-0.1, -0.05) is 29.8 Å². The lowest BCUT2D eigenvalue weighted by molar-refractivity contribution is 0.0513. The second kappa shape index (κ2) is 8.59. The first-order valence-corrected chi connectivity index (χ1v) is 10.7. The Morgan fingerprint density at radius 2 is 1.88 bits per heavy atom. The Morgan fingerprint density at radius 3 is 2.46 bits per heavy atom. The van der Waals surface area contributed by atoms with E-state index in [1.165, 1.54) is 4.31 Å². The van der Waals surface area contributed by atoms with Gasteiger partial charge in [-0.25, -0.2) is 17.5 Å². The molecule has 1 heterocycles. The molecule has 1 fully saturated rings. The Kier molecular flexibility index (Phi) is 6.93. The van der Waals surface area contributed by atoms with E-state index >= 15 is 0 Å². The summed E-state index contributed by atoms with van der Waals surface area (Å²) in [5.74, 6) is 0.155. The highest BCUT2D eigenvalue weighted by Gasteiger charge is 2.29. The number of carbonyl (C=O) groups excluding carboxylic acids is 1. The van der Waals surface area contributed by atoms with Gasteiger partial charge in [0.25, 0.3) is 0 Å². The van der Waals surface area contributed by atoms with E-state index in [-0.39, 0.29) is 11.7 Å². The lowest BCUT2D eigenvalue weighted by Gasteiger charge is -2.31. The zero-order valence-electron chi connectivity index (χ0n) is 15.5. The number of hydrogen-bond acceptors (Lipinski definition) is 4. The standard InChI is InChI=1S/C18H27ClN2O4S/c1-18(2,3)25-17(22)20-12-14-8-10-21(11-9-14)26(23,24)13-15-6-4-5-7-16(15)19/h4-7,14H,8-13H2,1-3H3,(H,20,22). The van der Waals surface area contributed by atoms with Crippen molar-refractivity contribution in [2.75, 3.05) is 19.6 Å². The summed E-state index contributed by atoms with van der Waals surface area (Å²) in [5, 5.41) is 3.23. The summed E-state index contributed by atoms with van der Waals surface area (Å²) in [6, 6.07) is 6.99. The lowest BCUT2D eigenvalue weighted by Crippen LogP contribution is -2.42. The van der Waals surface area contributed by atoms with Crippen molar-refractivity contribution in [2.45, 2.75) is 45.0 Å². The predicted octanol–water partition coefficient (Wildman–Crippen LogP) is 3.41. The molecule has 1 N–H and O–H groups in total. The topological polar surface area (TPSA) is 75.7 Å². The Bertz CT molecular complexity index is 723. The average molecular weight is 403 g/mol. The number of nitrogens with zero attached hydrogens (tertiary/aromatic N) is 1. The first kappa shape index (κ1) is 21.0. The number of benzene rings is 1. The van der Waals surface area contributed by atoms with Crippen molar-refractivity contribution in [3.63, 3.8) is 0 Å². The van der Waals surface area contributed by atoms with Crippen LogP contribution in [0.5, 0.6) is 0 Å². The quantitative estimate of drug-likeness (QED) is 0.818. The van der Waals surface area contributed by atoms with Crippen molar-refractivity contribution in [2.24, 2.45) is 5.92 Å². The van der Waals surface area contributed by atoms with Crippen molar-refractivity contribution < 1.29 is 17.9 Å². The Labute approximate surface area is 160 Å². The zero-order chi connectivity index (χ0) is 19.4. The van der Waals surface area contributed by atoms with Gasteiger partial charge in [0.15, 0.2) is 0 Å². The number of hydrogen-bond donors (Lipinski definition) is 1. The number of sulfonamides is 1. The number of piperidine rings is 1. The number of rotatable bonds is 5. The largest absolute Gasteiger partial charge is 0.444 e. The van der Waals surface area contributed by atoms with Gasteiger partial charge in [-0.2, -0.15) is 0 Å². The third kappa shape index (κ3) is 6.45. The van der Waals surface area contributed by atoms with Crippen molar-refractivity contribution in [1.82, 2.24) is 9.62 Å². The first-order chi connectivity index (χ1) is 12.1. The van der Waals surface area contributed by atoms with Gasteiger partial charge in [0.05, 0.1) is 5.75 Å². The minimum absolute atomic E-state index is 0.0898. The van der Waals surface area contributed by atoms with Crippen LogP contribution in [0.1, 0.15) is 39.2 Å². The van der Waals surface area contributed by atoms with Crippen LogP contribution in [0.2, 0.25) is 5.02 Å². The summed E-state index contributed by atoms with van der Waals surface area (Å²) in [6.07, 6.45) is 0.973. The minimum atomic E-state index is -3.40. The summed E-state index contributed by atoms with van der Waals surface area (Å²) >= 11 is 6.07.